The van der Waals surface area contributed by atoms with Crippen molar-refractivity contribution in [3.63, 3.8) is 0 Å². The van der Waals surface area contributed by atoms with Crippen molar-refractivity contribution in [1.29, 1.82) is 0 Å². The van der Waals surface area contributed by atoms with Crippen LogP contribution in [0.5, 0.6) is 0 Å². The lowest BCUT2D eigenvalue weighted by Gasteiger charge is -2.18. The number of likely N-dealkylation sites (N-methyl/N-ethyl adjacent to an activating group) is 1. The van der Waals surface area contributed by atoms with Gasteiger partial charge in [-0.1, -0.05) is 42.8 Å². The molecule has 0 aliphatic rings. The maximum atomic E-state index is 13.2. The number of nitrogens with one attached hydrogen (secondary N) is 1. The summed E-state index contributed by atoms with van der Waals surface area (Å²) in [6.07, 6.45) is 0.757. The summed E-state index contributed by atoms with van der Waals surface area (Å²) < 4.78 is 13.2. The Hall–Kier alpha value is -1.38. The summed E-state index contributed by atoms with van der Waals surface area (Å²) in [7, 11) is 0. The van der Waals surface area contributed by atoms with E-state index in [1.54, 1.807) is 12.1 Å². The summed E-state index contributed by atoms with van der Waals surface area (Å²) in [5.74, 6) is -0.191. The summed E-state index contributed by atoms with van der Waals surface area (Å²) in [5.41, 5.74) is 2.15. The highest BCUT2D eigenvalue weighted by Crippen LogP contribution is 2.21. The Morgan fingerprint density at radius 2 is 1.89 bits per heavy atom. The summed E-state index contributed by atoms with van der Waals surface area (Å²) in [6.45, 7) is 2.93. The molecule has 1 unspecified atom stereocenters. The molecule has 0 fully saturated rings. The molecule has 0 aliphatic heterocycles. The van der Waals surface area contributed by atoms with Crippen LogP contribution in [0.15, 0.2) is 48.5 Å². The second-order valence-corrected chi connectivity index (χ2v) is 4.93. The Morgan fingerprint density at radius 1 is 1.16 bits per heavy atom. The van der Waals surface area contributed by atoms with Gasteiger partial charge in [-0.2, -0.15) is 0 Å². The molecule has 0 bridgehead atoms. The molecule has 0 aliphatic carbocycles. The Labute approximate surface area is 118 Å². The molecule has 1 nitrogen and oxygen atoms in total. The van der Waals surface area contributed by atoms with E-state index in [0.717, 1.165) is 29.1 Å². The summed E-state index contributed by atoms with van der Waals surface area (Å²) in [4.78, 5) is 0. The number of rotatable bonds is 5. The topological polar surface area (TPSA) is 12.0 Å². The first-order valence-corrected chi connectivity index (χ1v) is 6.80. The van der Waals surface area contributed by atoms with Gasteiger partial charge in [-0.3, -0.25) is 0 Å². The van der Waals surface area contributed by atoms with Crippen LogP contribution in [0.4, 0.5) is 4.39 Å². The van der Waals surface area contributed by atoms with Crippen LogP contribution in [-0.4, -0.2) is 6.54 Å². The van der Waals surface area contributed by atoms with Crippen LogP contribution in [0.2, 0.25) is 5.02 Å². The van der Waals surface area contributed by atoms with Crippen LogP contribution in [0.1, 0.15) is 24.1 Å². The van der Waals surface area contributed by atoms with Crippen LogP contribution < -0.4 is 5.32 Å². The zero-order valence-electron chi connectivity index (χ0n) is 10.9. The lowest BCUT2D eigenvalue weighted by atomic mass is 9.99. The van der Waals surface area contributed by atoms with Gasteiger partial charge in [0.05, 0.1) is 0 Å². The molecule has 19 heavy (non-hydrogen) atoms. The Morgan fingerprint density at radius 3 is 2.53 bits per heavy atom. The standard InChI is InChI=1S/C16H17ClFN/c1-2-19-16(13-6-8-14(17)9-7-13)11-12-4-3-5-15(18)10-12/h3-10,16,19H,2,11H2,1H3. The zero-order valence-corrected chi connectivity index (χ0v) is 11.6. The molecular formula is C16H17ClFN. The molecule has 2 aromatic carbocycles. The minimum atomic E-state index is -0.191. The minimum Gasteiger partial charge on any atom is -0.310 e. The third-order valence-corrected chi connectivity index (χ3v) is 3.30. The second-order valence-electron chi connectivity index (χ2n) is 4.50. The van der Waals surface area contributed by atoms with Gasteiger partial charge in [0, 0.05) is 11.1 Å². The van der Waals surface area contributed by atoms with Crippen LogP contribution in [0.3, 0.4) is 0 Å². The number of halogens is 2. The van der Waals surface area contributed by atoms with E-state index in [-0.39, 0.29) is 11.9 Å². The molecule has 0 saturated carbocycles. The van der Waals surface area contributed by atoms with Gasteiger partial charge in [0.15, 0.2) is 0 Å². The van der Waals surface area contributed by atoms with Crippen molar-refractivity contribution in [1.82, 2.24) is 5.32 Å². The van der Waals surface area contributed by atoms with Crippen molar-refractivity contribution >= 4 is 11.6 Å². The van der Waals surface area contributed by atoms with Gasteiger partial charge >= 0.3 is 0 Å². The highest BCUT2D eigenvalue weighted by molar-refractivity contribution is 6.30. The van der Waals surface area contributed by atoms with E-state index in [4.69, 9.17) is 11.6 Å². The highest BCUT2D eigenvalue weighted by atomic mass is 35.5. The first-order chi connectivity index (χ1) is 9.19. The third-order valence-electron chi connectivity index (χ3n) is 3.05. The van der Waals surface area contributed by atoms with Crippen molar-refractivity contribution in [2.75, 3.05) is 6.54 Å². The molecule has 0 amide bonds. The molecular weight excluding hydrogens is 261 g/mol. The van der Waals surface area contributed by atoms with Crippen molar-refractivity contribution < 1.29 is 4.39 Å². The van der Waals surface area contributed by atoms with Crippen LogP contribution >= 0.6 is 11.6 Å². The zero-order chi connectivity index (χ0) is 13.7. The lowest BCUT2D eigenvalue weighted by molar-refractivity contribution is 0.547. The van der Waals surface area contributed by atoms with E-state index in [2.05, 4.69) is 12.2 Å². The average Bonchev–Trinajstić information content (AvgIpc) is 2.39. The first kappa shape index (κ1) is 14.0. The van der Waals surface area contributed by atoms with Crippen LogP contribution in [0.25, 0.3) is 0 Å². The molecule has 0 radical (unpaired) electrons. The van der Waals surface area contributed by atoms with E-state index < -0.39 is 0 Å². The maximum Gasteiger partial charge on any atom is 0.123 e. The molecule has 3 heteroatoms. The molecule has 0 heterocycles. The van der Waals surface area contributed by atoms with Gasteiger partial charge in [-0.15, -0.1) is 0 Å². The fourth-order valence-corrected chi connectivity index (χ4v) is 2.27. The van der Waals surface area contributed by atoms with Crippen molar-refractivity contribution in [2.24, 2.45) is 0 Å². The van der Waals surface area contributed by atoms with E-state index >= 15 is 0 Å². The minimum absolute atomic E-state index is 0.170. The Balaban J connectivity index is 2.18. The molecule has 2 aromatic rings. The van der Waals surface area contributed by atoms with E-state index in [0.29, 0.717) is 0 Å². The molecule has 0 saturated heterocycles. The molecule has 0 aromatic heterocycles. The normalized spacial score (nSPS) is 12.4. The van der Waals surface area contributed by atoms with E-state index in [9.17, 15) is 4.39 Å². The van der Waals surface area contributed by atoms with Gasteiger partial charge < -0.3 is 5.32 Å². The Kier molecular flexibility index (Phi) is 4.94. The van der Waals surface area contributed by atoms with Crippen molar-refractivity contribution in [2.45, 2.75) is 19.4 Å². The highest BCUT2D eigenvalue weighted by Gasteiger charge is 2.11. The third kappa shape index (κ3) is 4.05. The maximum absolute atomic E-state index is 13.2. The smallest absolute Gasteiger partial charge is 0.123 e. The quantitative estimate of drug-likeness (QED) is 0.856. The van der Waals surface area contributed by atoms with Gasteiger partial charge in [0.2, 0.25) is 0 Å². The van der Waals surface area contributed by atoms with E-state index in [1.807, 2.05) is 30.3 Å². The lowest BCUT2D eigenvalue weighted by Crippen LogP contribution is -2.22. The second kappa shape index (κ2) is 6.69. The van der Waals surface area contributed by atoms with Crippen LogP contribution in [-0.2, 0) is 6.42 Å². The van der Waals surface area contributed by atoms with Crippen molar-refractivity contribution in [3.05, 3.63) is 70.5 Å². The first-order valence-electron chi connectivity index (χ1n) is 6.42. The summed E-state index contributed by atoms with van der Waals surface area (Å²) in [6, 6.07) is 14.7. The monoisotopic (exact) mass is 277 g/mol. The number of benzene rings is 2. The van der Waals surface area contributed by atoms with E-state index in [1.165, 1.54) is 6.07 Å². The molecule has 1 N–H and O–H groups in total. The van der Waals surface area contributed by atoms with Gasteiger partial charge in [-0.05, 0) is 48.4 Å². The molecule has 0 spiro atoms. The number of hydrogen-bond acceptors (Lipinski definition) is 1. The summed E-state index contributed by atoms with van der Waals surface area (Å²) in [5, 5.41) is 4.15. The summed E-state index contributed by atoms with van der Waals surface area (Å²) >= 11 is 5.90. The largest absolute Gasteiger partial charge is 0.310 e. The van der Waals surface area contributed by atoms with Crippen LogP contribution in [0, 0.1) is 5.82 Å². The predicted octanol–water partition coefficient (Wildman–Crippen LogP) is 4.37. The predicted molar refractivity (Wildman–Crippen MR) is 78.0 cm³/mol. The average molecular weight is 278 g/mol. The number of hydrogen-bond donors (Lipinski definition) is 1. The van der Waals surface area contributed by atoms with Gasteiger partial charge in [0.1, 0.15) is 5.82 Å². The Bertz CT molecular complexity index is 525. The van der Waals surface area contributed by atoms with Crippen molar-refractivity contribution in [3.8, 4) is 0 Å². The molecule has 2 rings (SSSR count). The molecule has 1 atom stereocenters. The van der Waals surface area contributed by atoms with Gasteiger partial charge in [0.25, 0.3) is 0 Å². The SMILES string of the molecule is CCNC(Cc1cccc(F)c1)c1ccc(Cl)cc1. The fourth-order valence-electron chi connectivity index (χ4n) is 2.15. The fraction of sp³-hybridized carbons (Fsp3) is 0.250. The van der Waals surface area contributed by atoms with Gasteiger partial charge in [-0.25, -0.2) is 4.39 Å². The molecule has 100 valence electrons.